The van der Waals surface area contributed by atoms with E-state index in [2.05, 4.69) is 24.8 Å². The minimum absolute atomic E-state index is 0. The molecule has 0 saturated heterocycles. The van der Waals surface area contributed by atoms with Gasteiger partial charge in [-0.25, -0.2) is 0 Å². The second-order valence-electron chi connectivity index (χ2n) is 0.338. The predicted molar refractivity (Wildman–Crippen MR) is 33.7 cm³/mol. The summed E-state index contributed by atoms with van der Waals surface area (Å²) in [5, 5.41) is 0. The van der Waals surface area contributed by atoms with Crippen LogP contribution in [0.1, 0.15) is 2.85 Å². The van der Waals surface area contributed by atoms with Crippen molar-refractivity contribution in [3.05, 3.63) is 0 Å². The first-order valence-electron chi connectivity index (χ1n) is 0.716. The number of nitrogens with two attached hydrogens (primary N) is 1. The van der Waals surface area contributed by atoms with E-state index in [9.17, 15) is 0 Å². The van der Waals surface area contributed by atoms with Gasteiger partial charge in [0, 0.05) is 0 Å². The molecule has 0 bridgehead atoms. The molecule has 0 rings (SSSR count). The van der Waals surface area contributed by atoms with E-state index in [1.165, 1.54) is 0 Å². The van der Waals surface area contributed by atoms with Crippen molar-refractivity contribution in [3.8, 4) is 0 Å². The van der Waals surface area contributed by atoms with Crippen LogP contribution >= 0.6 is 24.8 Å². The molecule has 0 aliphatic carbocycles. The fourth-order valence-corrected chi connectivity index (χ4v) is 0. The predicted octanol–water partition coefficient (Wildman–Crippen LogP) is 0.00400. The van der Waals surface area contributed by atoms with Gasteiger partial charge >= 0.3 is 23.1 Å². The van der Waals surface area contributed by atoms with E-state index in [0.717, 1.165) is 0 Å². The van der Waals surface area contributed by atoms with Crippen LogP contribution in [0.3, 0.4) is 0 Å². The maximum Gasteiger partial charge on any atom is 2.00 e. The Hall–Kier alpha value is 1.01. The van der Waals surface area contributed by atoms with Crippen LogP contribution in [0.25, 0.3) is 0 Å². The Balaban J connectivity index is -0.0000000150. The van der Waals surface area contributed by atoms with Gasteiger partial charge in [-0.3, -0.25) is 0 Å². The molecule has 0 fully saturated rings. The van der Waals surface area contributed by atoms with Crippen molar-refractivity contribution in [2.75, 3.05) is 0 Å². The summed E-state index contributed by atoms with van der Waals surface area (Å²) in [6, 6.07) is 0. The van der Waals surface area contributed by atoms with Crippen molar-refractivity contribution in [2.24, 2.45) is 5.73 Å². The Kier molecular flexibility index (Phi) is 9.39. The zero-order chi connectivity index (χ0) is 3.58. The van der Waals surface area contributed by atoms with Crippen LogP contribution in [0.2, 0.25) is 0 Å². The molecular formula is CH5MgNS2. The Morgan fingerprint density at radius 3 is 2.00 bits per heavy atom. The molecule has 0 aromatic heterocycles. The fraction of sp³-hybridized carbons (Fsp3) is 0. The average molecular weight is 119 g/mol. The standard InChI is InChI=1S/CH3NS2.Mg.2H/c2-1(3)4;;;/h(H3,2,3,4);;;/q;+2;2*-1. The summed E-state index contributed by atoms with van der Waals surface area (Å²) >= 11 is 7.65. The van der Waals surface area contributed by atoms with Gasteiger partial charge in [-0.05, 0) is 0 Å². The van der Waals surface area contributed by atoms with Gasteiger partial charge in [-0.2, -0.15) is 0 Å². The topological polar surface area (TPSA) is 26.0 Å². The molecule has 0 saturated carbocycles. The third kappa shape index (κ3) is 44.7. The van der Waals surface area contributed by atoms with Gasteiger partial charge in [-0.1, -0.05) is 12.2 Å². The smallest absolute Gasteiger partial charge is 1.00 e. The number of hydrogen-bond acceptors (Lipinski definition) is 1. The molecule has 0 spiro atoms. The summed E-state index contributed by atoms with van der Waals surface area (Å²) in [6.07, 6.45) is 0. The molecule has 0 unspecified atom stereocenters. The molecule has 28 valence electrons. The Morgan fingerprint density at radius 1 is 2.00 bits per heavy atom. The average Bonchev–Trinajstić information content (AvgIpc) is 0.811. The van der Waals surface area contributed by atoms with Crippen LogP contribution in [0.15, 0.2) is 0 Å². The third-order valence-corrected chi connectivity index (χ3v) is 0. The quantitative estimate of drug-likeness (QED) is 0.267. The van der Waals surface area contributed by atoms with Gasteiger partial charge in [0.1, 0.15) is 4.32 Å². The zero-order valence-corrected chi connectivity index (χ0v) is 5.77. The van der Waals surface area contributed by atoms with E-state index in [-0.39, 0.29) is 30.2 Å². The van der Waals surface area contributed by atoms with E-state index < -0.39 is 0 Å². The number of rotatable bonds is 0. The molecule has 2 N–H and O–H groups in total. The molecule has 0 aliphatic heterocycles. The summed E-state index contributed by atoms with van der Waals surface area (Å²) in [7, 11) is 0. The van der Waals surface area contributed by atoms with Crippen molar-refractivity contribution >= 4 is 52.2 Å². The molecule has 5 heavy (non-hydrogen) atoms. The monoisotopic (exact) mass is 119 g/mol. The summed E-state index contributed by atoms with van der Waals surface area (Å²) in [5.74, 6) is 0. The zero-order valence-electron chi connectivity index (χ0n) is 4.64. The minimum atomic E-state index is 0. The van der Waals surface area contributed by atoms with Crippen LogP contribution in [0, 0.1) is 0 Å². The Bertz CT molecular complexity index is 38.7. The van der Waals surface area contributed by atoms with Gasteiger partial charge in [-0.15, -0.1) is 12.6 Å². The van der Waals surface area contributed by atoms with E-state index >= 15 is 0 Å². The first-order chi connectivity index (χ1) is 1.73. The molecule has 0 amide bonds. The number of thiol groups is 1. The summed E-state index contributed by atoms with van der Waals surface area (Å²) in [6.45, 7) is 0. The second kappa shape index (κ2) is 5.01. The molecule has 0 atom stereocenters. The minimum Gasteiger partial charge on any atom is -1.00 e. The van der Waals surface area contributed by atoms with Crippen LogP contribution in [0.5, 0.6) is 0 Å². The molecule has 4 heteroatoms. The van der Waals surface area contributed by atoms with Gasteiger partial charge in [0.25, 0.3) is 0 Å². The Labute approximate surface area is 60.8 Å². The van der Waals surface area contributed by atoms with E-state index in [1.807, 2.05) is 0 Å². The van der Waals surface area contributed by atoms with Gasteiger partial charge in [0.05, 0.1) is 0 Å². The van der Waals surface area contributed by atoms with Crippen LogP contribution in [0.4, 0.5) is 0 Å². The Morgan fingerprint density at radius 2 is 2.00 bits per heavy atom. The normalized spacial score (nSPS) is 5.00. The summed E-state index contributed by atoms with van der Waals surface area (Å²) in [5.41, 5.74) is 4.71. The number of thiocarbonyl (C=S) groups is 1. The molecule has 0 aromatic carbocycles. The second-order valence-corrected chi connectivity index (χ2v) is 1.56. The van der Waals surface area contributed by atoms with Crippen LogP contribution in [-0.4, -0.2) is 27.4 Å². The van der Waals surface area contributed by atoms with Crippen LogP contribution in [-0.2, 0) is 0 Å². The molecule has 0 heterocycles. The van der Waals surface area contributed by atoms with Crippen molar-refractivity contribution in [2.45, 2.75) is 0 Å². The largest absolute Gasteiger partial charge is 2.00 e. The van der Waals surface area contributed by atoms with Crippen molar-refractivity contribution in [3.63, 3.8) is 0 Å². The van der Waals surface area contributed by atoms with E-state index in [4.69, 9.17) is 5.73 Å². The first-order valence-corrected chi connectivity index (χ1v) is 1.57. The van der Waals surface area contributed by atoms with E-state index in [0.29, 0.717) is 0 Å². The van der Waals surface area contributed by atoms with Crippen molar-refractivity contribution in [1.82, 2.24) is 0 Å². The fourth-order valence-electron chi connectivity index (χ4n) is 0. The maximum absolute atomic E-state index is 4.71. The SMILES string of the molecule is NC(=S)S.[H-].[H-].[Mg+2]. The molecular weight excluding hydrogens is 114 g/mol. The van der Waals surface area contributed by atoms with E-state index in [1.54, 1.807) is 0 Å². The maximum atomic E-state index is 4.71. The van der Waals surface area contributed by atoms with Crippen LogP contribution < -0.4 is 5.73 Å². The summed E-state index contributed by atoms with van der Waals surface area (Å²) < 4.78 is 0.194. The summed E-state index contributed by atoms with van der Waals surface area (Å²) in [4.78, 5) is 0. The molecule has 0 radical (unpaired) electrons. The first kappa shape index (κ1) is 9.38. The van der Waals surface area contributed by atoms with Gasteiger partial charge < -0.3 is 8.59 Å². The molecule has 1 nitrogen and oxygen atoms in total. The third-order valence-electron chi connectivity index (χ3n) is 0. The molecule has 0 aliphatic rings. The van der Waals surface area contributed by atoms with Gasteiger partial charge in [0.15, 0.2) is 0 Å². The number of hydrogen-bond donors (Lipinski definition) is 2. The molecule has 0 aromatic rings. The van der Waals surface area contributed by atoms with Crippen molar-refractivity contribution in [1.29, 1.82) is 0 Å². The van der Waals surface area contributed by atoms with Crippen molar-refractivity contribution < 1.29 is 2.85 Å². The van der Waals surface area contributed by atoms with Gasteiger partial charge in [0.2, 0.25) is 0 Å².